The van der Waals surface area contributed by atoms with Gasteiger partial charge in [0.1, 0.15) is 0 Å². The van der Waals surface area contributed by atoms with Gasteiger partial charge in [-0.3, -0.25) is 0 Å². The molecule has 0 rings (SSSR count). The van der Waals surface area contributed by atoms with Gasteiger partial charge in [-0.05, 0) is 0 Å². The van der Waals surface area contributed by atoms with Gasteiger partial charge in [-0.2, -0.15) is 0 Å². The summed E-state index contributed by atoms with van der Waals surface area (Å²) in [4.78, 5) is 0. The Labute approximate surface area is 52.0 Å². The van der Waals surface area contributed by atoms with Crippen LogP contribution in [0.4, 0.5) is 0 Å². The van der Waals surface area contributed by atoms with Crippen molar-refractivity contribution in [1.29, 1.82) is 0 Å². The molecule has 0 amide bonds. The maximum Gasteiger partial charge on any atom is 2.00 e. The van der Waals surface area contributed by atoms with Crippen LogP contribution in [-0.4, -0.2) is 14.7 Å². The molecule has 0 aliphatic rings. The molecule has 0 aromatic rings. The molecule has 0 aliphatic carbocycles. The third-order valence-corrected chi connectivity index (χ3v) is 0. The molecule has 0 aliphatic heterocycles. The molecule has 7 heavy (non-hydrogen) atoms. The molecule has 4 nitrogen and oxygen atoms in total. The first-order valence-corrected chi connectivity index (χ1v) is 0.943. The third kappa shape index (κ3) is 3820. The standard InChI is InChI=1S/2BO2.Cu/c2*2-1-3;/q2*-1;+2. The fourth-order valence-electron chi connectivity index (χ4n) is 0. The van der Waals surface area contributed by atoms with Gasteiger partial charge in [-0.15, -0.1) is 0 Å². The van der Waals surface area contributed by atoms with Crippen molar-refractivity contribution in [2.24, 2.45) is 0 Å². The zero-order valence-corrected chi connectivity index (χ0v) is 4.03. The van der Waals surface area contributed by atoms with E-state index < -0.39 is 14.7 Å². The van der Waals surface area contributed by atoms with Gasteiger partial charge in [0.2, 0.25) is 0 Å². The summed E-state index contributed by atoms with van der Waals surface area (Å²) < 4.78 is 16.5. The minimum Gasteiger partial charge on any atom is 2.00 e. The largest absolute Gasteiger partial charge is 2.00 e. The minimum atomic E-state index is -0.500. The van der Waals surface area contributed by atoms with Crippen LogP contribution in [0.2, 0.25) is 0 Å². The molecule has 0 spiro atoms. The first-order valence-electron chi connectivity index (χ1n) is 0.943. The predicted molar refractivity (Wildman–Crippen MR) is 12.9 cm³/mol. The molecular formula is B2CuO4. The Morgan fingerprint density at radius 3 is 1.00 bits per heavy atom. The van der Waals surface area contributed by atoms with Crippen molar-refractivity contribution in [3.05, 3.63) is 0 Å². The van der Waals surface area contributed by atoms with Crippen molar-refractivity contribution in [3.63, 3.8) is 0 Å². The maximum absolute atomic E-state index is 8.25. The topological polar surface area (TPSA) is 80.3 Å². The molecule has 1 radical (unpaired) electrons. The van der Waals surface area contributed by atoms with E-state index in [4.69, 9.17) is 19.5 Å². The van der Waals surface area contributed by atoms with Crippen molar-refractivity contribution < 1.29 is 36.5 Å². The monoisotopic (exact) mass is 149 g/mol. The molecule has 0 aromatic heterocycles. The molecule has 0 heterocycles. The zero-order chi connectivity index (χ0) is 5.41. The van der Waals surface area contributed by atoms with Crippen LogP contribution in [0.5, 0.6) is 0 Å². The quantitative estimate of drug-likeness (QED) is 0.336. The van der Waals surface area contributed by atoms with Crippen LogP contribution in [0.3, 0.4) is 0 Å². The minimum absolute atomic E-state index is 0. The van der Waals surface area contributed by atoms with E-state index in [1.807, 2.05) is 0 Å². The molecular weight excluding hydrogens is 149 g/mol. The van der Waals surface area contributed by atoms with Crippen LogP contribution in [0.25, 0.3) is 0 Å². The summed E-state index contributed by atoms with van der Waals surface area (Å²) in [7, 11) is -1.00. The summed E-state index contributed by atoms with van der Waals surface area (Å²) in [6, 6.07) is 0. The average molecular weight is 149 g/mol. The molecule has 41 valence electrons. The van der Waals surface area contributed by atoms with E-state index in [1.54, 1.807) is 0 Å². The molecule has 0 saturated carbocycles. The third-order valence-electron chi connectivity index (χ3n) is 0. The van der Waals surface area contributed by atoms with Crippen molar-refractivity contribution in [2.45, 2.75) is 0 Å². The Kier molecular flexibility index (Phi) is 90.9. The summed E-state index contributed by atoms with van der Waals surface area (Å²) in [5.41, 5.74) is 0. The van der Waals surface area contributed by atoms with Gasteiger partial charge in [0.15, 0.2) is 0 Å². The van der Waals surface area contributed by atoms with E-state index in [0.717, 1.165) is 0 Å². The zero-order valence-electron chi connectivity index (χ0n) is 3.09. The molecule has 0 N–H and O–H groups in total. The molecule has 0 saturated heterocycles. The van der Waals surface area contributed by atoms with E-state index in [0.29, 0.717) is 0 Å². The van der Waals surface area contributed by atoms with Gasteiger partial charge in [0.25, 0.3) is 0 Å². The summed E-state index contributed by atoms with van der Waals surface area (Å²) in [6.07, 6.45) is 0. The summed E-state index contributed by atoms with van der Waals surface area (Å²) in [6.45, 7) is 0. The van der Waals surface area contributed by atoms with Gasteiger partial charge in [-0.1, -0.05) is 0 Å². The van der Waals surface area contributed by atoms with Gasteiger partial charge < -0.3 is 0 Å². The first-order chi connectivity index (χ1) is 2.83. The molecule has 0 fully saturated rings. The van der Waals surface area contributed by atoms with Gasteiger partial charge in [0, 0.05) is 0 Å². The molecule has 0 aromatic carbocycles. The van der Waals surface area contributed by atoms with Crippen molar-refractivity contribution >= 4 is 14.7 Å². The van der Waals surface area contributed by atoms with Gasteiger partial charge in [-0.25, -0.2) is 0 Å². The van der Waals surface area contributed by atoms with E-state index >= 15 is 0 Å². The number of rotatable bonds is 0. The Morgan fingerprint density at radius 2 is 1.00 bits per heavy atom. The van der Waals surface area contributed by atoms with E-state index in [1.165, 1.54) is 0 Å². The average Bonchev–Trinajstić information content (AvgIpc) is 1.39. The second-order valence-corrected chi connectivity index (χ2v) is 0.192. The fraction of sp³-hybridized carbons (Fsp3) is 0. The van der Waals surface area contributed by atoms with Crippen molar-refractivity contribution in [2.75, 3.05) is 0 Å². The maximum atomic E-state index is 8.25. The molecule has 0 unspecified atom stereocenters. The second-order valence-electron chi connectivity index (χ2n) is 0.192. The van der Waals surface area contributed by atoms with Crippen LogP contribution in [-0.2, 0) is 26.5 Å². The first kappa shape index (κ1) is 15.8. The Bertz CT molecular complexity index is 30.7. The normalized spacial score (nSPS) is 2.29. The van der Waals surface area contributed by atoms with Crippen LogP contribution >= 0.6 is 0 Å². The van der Waals surface area contributed by atoms with E-state index in [-0.39, 0.29) is 17.1 Å². The number of hydrogen-bond acceptors (Lipinski definition) is 4. The van der Waals surface area contributed by atoms with Gasteiger partial charge >= 0.3 is 51.2 Å². The summed E-state index contributed by atoms with van der Waals surface area (Å²) in [5, 5.41) is 16.5. The van der Waals surface area contributed by atoms with Crippen molar-refractivity contribution in [3.8, 4) is 0 Å². The fourth-order valence-corrected chi connectivity index (χ4v) is 0. The van der Waals surface area contributed by atoms with Crippen LogP contribution in [0, 0.1) is 0 Å². The summed E-state index contributed by atoms with van der Waals surface area (Å²) >= 11 is 0. The van der Waals surface area contributed by atoms with E-state index in [2.05, 4.69) is 0 Å². The molecule has 0 atom stereocenters. The number of hydrogen-bond donors (Lipinski definition) is 0. The molecule has 0 bridgehead atoms. The van der Waals surface area contributed by atoms with Crippen LogP contribution in [0.1, 0.15) is 0 Å². The summed E-state index contributed by atoms with van der Waals surface area (Å²) in [5.74, 6) is 0. The van der Waals surface area contributed by atoms with E-state index in [9.17, 15) is 0 Å². The Morgan fingerprint density at radius 1 is 1.00 bits per heavy atom. The van der Waals surface area contributed by atoms with Crippen molar-refractivity contribution in [1.82, 2.24) is 0 Å². The van der Waals surface area contributed by atoms with Crippen LogP contribution in [0.15, 0.2) is 0 Å². The Hall–Kier alpha value is -0.151. The SMILES string of the molecule is O=B[O-].O=B[O-].[Cu+2]. The molecule has 7 heteroatoms. The van der Waals surface area contributed by atoms with Crippen LogP contribution < -0.4 is 10.0 Å². The predicted octanol–water partition coefficient (Wildman–Crippen LogP) is -3.38. The second kappa shape index (κ2) is 40.2. The Balaban J connectivity index is -0.0000000400. The smallest absolute Gasteiger partial charge is 2.00 e. The van der Waals surface area contributed by atoms with Gasteiger partial charge in [0.05, 0.1) is 0 Å².